The van der Waals surface area contributed by atoms with Gasteiger partial charge in [-0.05, 0) is 31.2 Å². The van der Waals surface area contributed by atoms with Crippen molar-refractivity contribution >= 4 is 10.0 Å². The van der Waals surface area contributed by atoms with E-state index in [2.05, 4.69) is 20.2 Å². The number of H-pyrrole nitrogens is 1. The molecule has 3 rings (SSSR count). The van der Waals surface area contributed by atoms with E-state index in [-0.39, 0.29) is 5.92 Å². The van der Waals surface area contributed by atoms with Gasteiger partial charge in [-0.25, -0.2) is 12.7 Å². The number of nitrogens with one attached hydrogen (secondary N) is 1. The lowest BCUT2D eigenvalue weighted by Crippen LogP contribution is -2.39. The summed E-state index contributed by atoms with van der Waals surface area (Å²) in [5, 5.41) is 6.86. The molecule has 0 spiro atoms. The van der Waals surface area contributed by atoms with Gasteiger partial charge in [0.1, 0.15) is 5.69 Å². The van der Waals surface area contributed by atoms with Gasteiger partial charge >= 0.3 is 0 Å². The van der Waals surface area contributed by atoms with Gasteiger partial charge in [0.2, 0.25) is 10.0 Å². The van der Waals surface area contributed by atoms with Gasteiger partial charge in [-0.3, -0.25) is 15.1 Å². The summed E-state index contributed by atoms with van der Waals surface area (Å²) >= 11 is 0. The predicted octanol–water partition coefficient (Wildman–Crippen LogP) is 1.08. The fourth-order valence-corrected chi connectivity index (χ4v) is 3.84. The molecule has 8 heteroatoms. The van der Waals surface area contributed by atoms with E-state index < -0.39 is 10.0 Å². The maximum Gasteiger partial charge on any atom is 0.211 e. The van der Waals surface area contributed by atoms with Crippen molar-refractivity contribution in [1.82, 2.24) is 24.5 Å². The normalized spacial score (nSPS) is 20.1. The smallest absolute Gasteiger partial charge is 0.211 e. The van der Waals surface area contributed by atoms with Crippen LogP contribution < -0.4 is 0 Å². The molecule has 0 aliphatic carbocycles. The molecule has 1 aliphatic heterocycles. The fraction of sp³-hybridized carbons (Fsp3) is 0.500. The Balaban J connectivity index is 1.79. The van der Waals surface area contributed by atoms with Gasteiger partial charge in [-0.15, -0.1) is 0 Å². The maximum absolute atomic E-state index is 11.7. The van der Waals surface area contributed by atoms with Crippen molar-refractivity contribution in [1.29, 1.82) is 0 Å². The quantitative estimate of drug-likeness (QED) is 0.910. The Morgan fingerprint density at radius 3 is 2.86 bits per heavy atom. The summed E-state index contributed by atoms with van der Waals surface area (Å²) in [7, 11) is -3.12. The second kappa shape index (κ2) is 6.13. The summed E-state index contributed by atoms with van der Waals surface area (Å²) < 4.78 is 25.0. The van der Waals surface area contributed by atoms with Crippen molar-refractivity contribution in [2.45, 2.75) is 19.3 Å². The molecule has 0 bridgehead atoms. The summed E-state index contributed by atoms with van der Waals surface area (Å²) in [4.78, 5) is 8.83. The molecule has 1 aliphatic rings. The average molecular weight is 321 g/mol. The minimum absolute atomic E-state index is 0.266. The Hall–Kier alpha value is -1.80. The molecular weight excluding hydrogens is 302 g/mol. The number of piperidine rings is 1. The lowest BCUT2D eigenvalue weighted by atomic mass is 9.93. The molecule has 7 nitrogen and oxygen atoms in total. The summed E-state index contributed by atoms with van der Waals surface area (Å²) in [5.41, 5.74) is 2.50. The van der Waals surface area contributed by atoms with Crippen LogP contribution in [0.2, 0.25) is 0 Å². The minimum Gasteiger partial charge on any atom is -0.276 e. The zero-order valence-electron chi connectivity index (χ0n) is 12.4. The van der Waals surface area contributed by atoms with Gasteiger partial charge in [-0.1, -0.05) is 0 Å². The molecule has 1 atom stereocenters. The molecule has 1 N–H and O–H groups in total. The number of rotatable bonds is 4. The molecule has 0 amide bonds. The molecule has 0 radical (unpaired) electrons. The Morgan fingerprint density at radius 2 is 2.14 bits per heavy atom. The zero-order chi connectivity index (χ0) is 15.6. The molecule has 3 heterocycles. The third kappa shape index (κ3) is 3.33. The van der Waals surface area contributed by atoms with Gasteiger partial charge in [-0.2, -0.15) is 5.10 Å². The molecule has 0 unspecified atom stereocenters. The summed E-state index contributed by atoms with van der Waals surface area (Å²) in [5.74, 6) is 0.266. The first-order valence-electron chi connectivity index (χ1n) is 7.29. The first-order chi connectivity index (χ1) is 10.5. The van der Waals surface area contributed by atoms with Gasteiger partial charge < -0.3 is 0 Å². The monoisotopic (exact) mass is 321 g/mol. The number of hydrogen-bond donors (Lipinski definition) is 1. The number of hydrogen-bond acceptors (Lipinski definition) is 5. The highest BCUT2D eigenvalue weighted by Crippen LogP contribution is 2.25. The van der Waals surface area contributed by atoms with Crippen LogP contribution >= 0.6 is 0 Å². The first-order valence-corrected chi connectivity index (χ1v) is 9.13. The van der Waals surface area contributed by atoms with Crippen molar-refractivity contribution < 1.29 is 8.42 Å². The molecule has 2 aromatic rings. The minimum atomic E-state index is -3.12. The lowest BCUT2D eigenvalue weighted by Gasteiger charge is -2.30. The summed E-state index contributed by atoms with van der Waals surface area (Å²) in [6.07, 6.45) is 8.89. The van der Waals surface area contributed by atoms with Gasteiger partial charge in [0.15, 0.2) is 0 Å². The molecule has 22 heavy (non-hydrogen) atoms. The summed E-state index contributed by atoms with van der Waals surface area (Å²) in [6.45, 7) is 1.17. The van der Waals surface area contributed by atoms with E-state index in [0.717, 1.165) is 29.9 Å². The molecule has 1 fully saturated rings. The lowest BCUT2D eigenvalue weighted by molar-refractivity contribution is 0.265. The Morgan fingerprint density at radius 1 is 1.32 bits per heavy atom. The van der Waals surface area contributed by atoms with E-state index in [1.165, 1.54) is 6.26 Å². The maximum atomic E-state index is 11.7. The highest BCUT2D eigenvalue weighted by atomic mass is 32.2. The van der Waals surface area contributed by atoms with Gasteiger partial charge in [0.25, 0.3) is 0 Å². The van der Waals surface area contributed by atoms with Gasteiger partial charge in [0.05, 0.1) is 17.6 Å². The molecule has 0 aromatic carbocycles. The average Bonchev–Trinajstić information content (AvgIpc) is 3.01. The molecule has 0 saturated carbocycles. The van der Waals surface area contributed by atoms with E-state index in [1.54, 1.807) is 22.9 Å². The molecule has 2 aromatic heterocycles. The Labute approximate surface area is 129 Å². The van der Waals surface area contributed by atoms with Crippen molar-refractivity contribution in [2.75, 3.05) is 19.3 Å². The molecule has 1 saturated heterocycles. The van der Waals surface area contributed by atoms with Crippen LogP contribution in [0.5, 0.6) is 0 Å². The van der Waals surface area contributed by atoms with E-state index in [9.17, 15) is 8.42 Å². The highest BCUT2D eigenvalue weighted by Gasteiger charge is 2.27. The summed E-state index contributed by atoms with van der Waals surface area (Å²) in [6, 6.07) is 1.86. The van der Waals surface area contributed by atoms with Crippen LogP contribution in [0.3, 0.4) is 0 Å². The second-order valence-electron chi connectivity index (χ2n) is 5.66. The molecule has 118 valence electrons. The van der Waals surface area contributed by atoms with Crippen LogP contribution in [0.15, 0.2) is 24.7 Å². The van der Waals surface area contributed by atoms with Crippen LogP contribution in [0.1, 0.15) is 18.5 Å². The van der Waals surface area contributed by atoms with E-state index in [4.69, 9.17) is 0 Å². The largest absolute Gasteiger partial charge is 0.276 e. The standard InChI is InChI=1S/C14H19N5O2S/c1-22(20,21)19-8-2-3-11(10-19)9-13-14(16-7-6-15-13)12-4-5-17-18-12/h4-7,11H,2-3,8-10H2,1H3,(H,17,18)/t11-/m1/s1. The van der Waals surface area contributed by atoms with E-state index in [0.29, 0.717) is 19.5 Å². The van der Waals surface area contributed by atoms with Crippen LogP contribution in [0, 0.1) is 5.92 Å². The first kappa shape index (κ1) is 15.1. The third-order valence-electron chi connectivity index (χ3n) is 3.96. The van der Waals surface area contributed by atoms with Crippen LogP contribution in [-0.2, 0) is 16.4 Å². The fourth-order valence-electron chi connectivity index (χ4n) is 2.90. The van der Waals surface area contributed by atoms with Crippen molar-refractivity contribution in [2.24, 2.45) is 5.92 Å². The third-order valence-corrected chi connectivity index (χ3v) is 5.23. The van der Waals surface area contributed by atoms with E-state index in [1.807, 2.05) is 6.07 Å². The number of aromatic nitrogens is 4. The predicted molar refractivity (Wildman–Crippen MR) is 82.5 cm³/mol. The number of sulfonamides is 1. The Bertz CT molecular complexity index is 729. The number of aromatic amines is 1. The van der Waals surface area contributed by atoms with Crippen molar-refractivity contribution in [3.8, 4) is 11.4 Å². The molecular formula is C14H19N5O2S. The van der Waals surface area contributed by atoms with Crippen LogP contribution in [0.4, 0.5) is 0 Å². The van der Waals surface area contributed by atoms with Crippen molar-refractivity contribution in [3.63, 3.8) is 0 Å². The van der Waals surface area contributed by atoms with Crippen LogP contribution in [-0.4, -0.2) is 52.2 Å². The van der Waals surface area contributed by atoms with Gasteiger partial charge in [0, 0.05) is 31.7 Å². The number of nitrogens with zero attached hydrogens (tertiary/aromatic N) is 4. The SMILES string of the molecule is CS(=O)(=O)N1CCC[C@H](Cc2nccnc2-c2ccn[nH]2)C1. The zero-order valence-corrected chi connectivity index (χ0v) is 13.3. The second-order valence-corrected chi connectivity index (χ2v) is 7.64. The van der Waals surface area contributed by atoms with Crippen LogP contribution in [0.25, 0.3) is 11.4 Å². The van der Waals surface area contributed by atoms with E-state index >= 15 is 0 Å². The topological polar surface area (TPSA) is 91.8 Å². The Kier molecular flexibility index (Phi) is 4.21. The highest BCUT2D eigenvalue weighted by molar-refractivity contribution is 7.88. The van der Waals surface area contributed by atoms with Crippen molar-refractivity contribution in [3.05, 3.63) is 30.4 Å².